The van der Waals surface area contributed by atoms with Crippen molar-refractivity contribution in [3.8, 4) is 17.0 Å². The highest BCUT2D eigenvalue weighted by atomic mass is 16.5. The van der Waals surface area contributed by atoms with Gasteiger partial charge in [-0.2, -0.15) is 4.98 Å². The van der Waals surface area contributed by atoms with Gasteiger partial charge in [0.2, 0.25) is 5.95 Å². The molecule has 2 heterocycles. The molecule has 1 N–H and O–H groups in total. The lowest BCUT2D eigenvalue weighted by molar-refractivity contribution is 0.312. The number of aromatic nitrogens is 2. The zero-order valence-corrected chi connectivity index (χ0v) is 16.3. The molecule has 6 heteroatoms. The number of ether oxygens (including phenoxy) is 1. The maximum absolute atomic E-state index is 5.46. The van der Waals surface area contributed by atoms with E-state index in [0.29, 0.717) is 5.95 Å². The van der Waals surface area contributed by atoms with Gasteiger partial charge in [0.25, 0.3) is 0 Å². The fourth-order valence-electron chi connectivity index (χ4n) is 3.31. The number of benzene rings is 2. The Morgan fingerprint density at radius 3 is 2.36 bits per heavy atom. The van der Waals surface area contributed by atoms with E-state index in [4.69, 9.17) is 14.7 Å². The Kier molecular flexibility index (Phi) is 5.39. The fourth-order valence-corrected chi connectivity index (χ4v) is 3.31. The minimum absolute atomic E-state index is 0.569. The summed E-state index contributed by atoms with van der Waals surface area (Å²) in [6, 6.07) is 20.1. The first kappa shape index (κ1) is 18.3. The van der Waals surface area contributed by atoms with E-state index in [0.717, 1.165) is 54.7 Å². The molecule has 28 heavy (non-hydrogen) atoms. The Labute approximate surface area is 165 Å². The first-order chi connectivity index (χ1) is 13.7. The second-order valence-electron chi connectivity index (χ2n) is 6.92. The zero-order valence-electron chi connectivity index (χ0n) is 16.3. The minimum atomic E-state index is 0.569. The normalized spacial score (nSPS) is 14.7. The molecule has 4 rings (SSSR count). The largest absolute Gasteiger partial charge is 0.495 e. The van der Waals surface area contributed by atoms with Gasteiger partial charge in [0.05, 0.1) is 18.5 Å². The highest BCUT2D eigenvalue weighted by Gasteiger charge is 2.18. The fraction of sp³-hybridized carbons (Fsp3) is 0.273. The van der Waals surface area contributed by atoms with Gasteiger partial charge in [-0.3, -0.25) is 0 Å². The summed E-state index contributed by atoms with van der Waals surface area (Å²) in [6.45, 7) is 3.96. The number of methoxy groups -OCH3 is 1. The lowest BCUT2D eigenvalue weighted by Gasteiger charge is -2.33. The highest BCUT2D eigenvalue weighted by molar-refractivity contribution is 5.68. The van der Waals surface area contributed by atoms with E-state index in [2.05, 4.69) is 40.4 Å². The zero-order chi connectivity index (χ0) is 19.3. The van der Waals surface area contributed by atoms with Crippen molar-refractivity contribution >= 4 is 17.5 Å². The summed E-state index contributed by atoms with van der Waals surface area (Å²) in [7, 11) is 3.82. The summed E-state index contributed by atoms with van der Waals surface area (Å²) < 4.78 is 5.46. The highest BCUT2D eigenvalue weighted by Crippen LogP contribution is 2.29. The smallest absolute Gasteiger partial charge is 0.229 e. The van der Waals surface area contributed by atoms with Crippen molar-refractivity contribution in [3.05, 3.63) is 60.7 Å². The number of nitrogens with zero attached hydrogens (tertiary/aromatic N) is 4. The summed E-state index contributed by atoms with van der Waals surface area (Å²) in [5.41, 5.74) is 2.82. The monoisotopic (exact) mass is 375 g/mol. The molecule has 3 aromatic rings. The van der Waals surface area contributed by atoms with Gasteiger partial charge < -0.3 is 19.9 Å². The van der Waals surface area contributed by atoms with Crippen molar-refractivity contribution in [3.63, 3.8) is 0 Å². The number of piperazine rings is 1. The Bertz CT molecular complexity index is 923. The predicted octanol–water partition coefficient (Wildman–Crippen LogP) is 3.65. The third kappa shape index (κ3) is 4.07. The molecule has 2 aromatic carbocycles. The lowest BCUT2D eigenvalue weighted by Crippen LogP contribution is -2.44. The Balaban J connectivity index is 1.71. The van der Waals surface area contributed by atoms with Crippen molar-refractivity contribution in [1.29, 1.82) is 0 Å². The van der Waals surface area contributed by atoms with Gasteiger partial charge in [0, 0.05) is 37.8 Å². The number of para-hydroxylation sites is 2. The molecule has 0 spiro atoms. The summed E-state index contributed by atoms with van der Waals surface area (Å²) in [5.74, 6) is 2.27. The van der Waals surface area contributed by atoms with Crippen LogP contribution in [0.1, 0.15) is 0 Å². The number of hydrogen-bond acceptors (Lipinski definition) is 6. The first-order valence-corrected chi connectivity index (χ1v) is 9.51. The van der Waals surface area contributed by atoms with Crippen LogP contribution in [0.3, 0.4) is 0 Å². The molecular weight excluding hydrogens is 350 g/mol. The summed E-state index contributed by atoms with van der Waals surface area (Å²) in [6.07, 6.45) is 0. The van der Waals surface area contributed by atoms with Crippen molar-refractivity contribution in [2.75, 3.05) is 50.6 Å². The molecule has 0 amide bonds. The number of nitrogens with one attached hydrogen (secondary N) is 1. The quantitative estimate of drug-likeness (QED) is 0.735. The molecule has 0 unspecified atom stereocenters. The van der Waals surface area contributed by atoms with E-state index in [9.17, 15) is 0 Å². The average molecular weight is 375 g/mol. The van der Waals surface area contributed by atoms with Crippen LogP contribution in [0.4, 0.5) is 17.5 Å². The third-order valence-electron chi connectivity index (χ3n) is 4.96. The van der Waals surface area contributed by atoms with Gasteiger partial charge >= 0.3 is 0 Å². The molecule has 144 valence electrons. The molecule has 1 aliphatic rings. The van der Waals surface area contributed by atoms with Gasteiger partial charge in [0.15, 0.2) is 0 Å². The van der Waals surface area contributed by atoms with Crippen LogP contribution in [0.5, 0.6) is 5.75 Å². The molecule has 6 nitrogen and oxygen atoms in total. The first-order valence-electron chi connectivity index (χ1n) is 9.51. The van der Waals surface area contributed by atoms with Crippen LogP contribution < -0.4 is 15.0 Å². The van der Waals surface area contributed by atoms with Crippen molar-refractivity contribution in [2.24, 2.45) is 0 Å². The lowest BCUT2D eigenvalue weighted by atomic mass is 10.1. The Morgan fingerprint density at radius 2 is 1.61 bits per heavy atom. The molecule has 1 aliphatic heterocycles. The van der Waals surface area contributed by atoms with Gasteiger partial charge in [-0.25, -0.2) is 4.98 Å². The van der Waals surface area contributed by atoms with Crippen LogP contribution in [-0.4, -0.2) is 55.2 Å². The van der Waals surface area contributed by atoms with Crippen molar-refractivity contribution < 1.29 is 4.74 Å². The number of hydrogen-bond donors (Lipinski definition) is 1. The van der Waals surface area contributed by atoms with Crippen LogP contribution >= 0.6 is 0 Å². The molecule has 0 radical (unpaired) electrons. The molecule has 1 fully saturated rings. The van der Waals surface area contributed by atoms with Gasteiger partial charge in [-0.15, -0.1) is 0 Å². The van der Waals surface area contributed by atoms with Crippen LogP contribution in [0, 0.1) is 0 Å². The average Bonchev–Trinajstić information content (AvgIpc) is 2.75. The van der Waals surface area contributed by atoms with E-state index in [1.165, 1.54) is 0 Å². The van der Waals surface area contributed by atoms with Crippen molar-refractivity contribution in [1.82, 2.24) is 14.9 Å². The molecule has 0 atom stereocenters. The van der Waals surface area contributed by atoms with Crippen LogP contribution in [0.2, 0.25) is 0 Å². The van der Waals surface area contributed by atoms with Gasteiger partial charge in [-0.1, -0.05) is 42.5 Å². The standard InChI is InChI=1S/C22H25N5O/c1-26-12-14-27(15-13-26)21-16-19(17-8-4-3-5-9-17)24-22(25-21)23-18-10-6-7-11-20(18)28-2/h3-11,16H,12-15H2,1-2H3,(H,23,24,25). The van der Waals surface area contributed by atoms with Crippen LogP contribution in [-0.2, 0) is 0 Å². The van der Waals surface area contributed by atoms with E-state index in [-0.39, 0.29) is 0 Å². The predicted molar refractivity (Wildman–Crippen MR) is 113 cm³/mol. The minimum Gasteiger partial charge on any atom is -0.495 e. The van der Waals surface area contributed by atoms with E-state index < -0.39 is 0 Å². The number of rotatable bonds is 5. The Morgan fingerprint density at radius 1 is 0.893 bits per heavy atom. The number of anilines is 3. The van der Waals surface area contributed by atoms with E-state index >= 15 is 0 Å². The SMILES string of the molecule is COc1ccccc1Nc1nc(-c2ccccc2)cc(N2CCN(C)CC2)n1. The van der Waals surface area contributed by atoms with Crippen LogP contribution in [0.15, 0.2) is 60.7 Å². The van der Waals surface area contributed by atoms with Gasteiger partial charge in [0.1, 0.15) is 11.6 Å². The molecule has 0 saturated carbocycles. The Hall–Kier alpha value is -3.12. The topological polar surface area (TPSA) is 53.5 Å². The molecule has 1 saturated heterocycles. The second kappa shape index (κ2) is 8.27. The molecule has 0 aliphatic carbocycles. The maximum Gasteiger partial charge on any atom is 0.229 e. The van der Waals surface area contributed by atoms with E-state index in [1.54, 1.807) is 7.11 Å². The molecular formula is C22H25N5O. The second-order valence-corrected chi connectivity index (χ2v) is 6.92. The molecule has 1 aromatic heterocycles. The van der Waals surface area contributed by atoms with Crippen LogP contribution in [0.25, 0.3) is 11.3 Å². The number of likely N-dealkylation sites (N-methyl/N-ethyl adjacent to an activating group) is 1. The molecule has 0 bridgehead atoms. The maximum atomic E-state index is 5.46. The van der Waals surface area contributed by atoms with Crippen molar-refractivity contribution in [2.45, 2.75) is 0 Å². The van der Waals surface area contributed by atoms with E-state index in [1.807, 2.05) is 42.5 Å². The summed E-state index contributed by atoms with van der Waals surface area (Å²) in [4.78, 5) is 14.2. The summed E-state index contributed by atoms with van der Waals surface area (Å²) >= 11 is 0. The van der Waals surface area contributed by atoms with Gasteiger partial charge in [-0.05, 0) is 19.2 Å². The third-order valence-corrected chi connectivity index (χ3v) is 4.96. The summed E-state index contributed by atoms with van der Waals surface area (Å²) in [5, 5.41) is 3.34.